The van der Waals surface area contributed by atoms with Crippen molar-refractivity contribution in [3.05, 3.63) is 0 Å². The molecule has 0 bridgehead atoms. The summed E-state index contributed by atoms with van der Waals surface area (Å²) in [5.41, 5.74) is 5.38. The van der Waals surface area contributed by atoms with E-state index in [4.69, 9.17) is 5.73 Å². The third kappa shape index (κ3) is 2.95. The third-order valence-corrected chi connectivity index (χ3v) is 4.78. The van der Waals surface area contributed by atoms with E-state index in [1.165, 1.54) is 25.7 Å². The van der Waals surface area contributed by atoms with Crippen LogP contribution in [0.2, 0.25) is 0 Å². The summed E-state index contributed by atoms with van der Waals surface area (Å²) < 4.78 is 0. The van der Waals surface area contributed by atoms with Crippen molar-refractivity contribution >= 4 is 5.91 Å². The van der Waals surface area contributed by atoms with Gasteiger partial charge >= 0.3 is 0 Å². The molecule has 1 amide bonds. The lowest BCUT2D eigenvalue weighted by Crippen LogP contribution is -2.64. The van der Waals surface area contributed by atoms with Crippen molar-refractivity contribution < 1.29 is 4.79 Å². The highest BCUT2D eigenvalue weighted by molar-refractivity contribution is 5.86. The molecule has 0 heterocycles. The van der Waals surface area contributed by atoms with Gasteiger partial charge in [0.15, 0.2) is 0 Å². The molecule has 1 unspecified atom stereocenters. The Labute approximate surface area is 116 Å². The van der Waals surface area contributed by atoms with Crippen molar-refractivity contribution in [1.29, 1.82) is 0 Å². The Hall–Kier alpha value is -0.610. The Morgan fingerprint density at radius 2 is 1.95 bits per heavy atom. The van der Waals surface area contributed by atoms with E-state index in [-0.39, 0.29) is 5.91 Å². The van der Waals surface area contributed by atoms with Crippen molar-refractivity contribution in [2.45, 2.75) is 69.5 Å². The molecular formula is C15H27N3O. The third-order valence-electron chi connectivity index (χ3n) is 4.78. The molecule has 0 spiro atoms. The molecule has 3 aliphatic carbocycles. The van der Waals surface area contributed by atoms with Gasteiger partial charge in [-0.3, -0.25) is 15.0 Å². The first-order chi connectivity index (χ1) is 9.15. The molecule has 0 aromatic carbocycles. The number of carbonyl (C=O) groups excluding carboxylic acids is 1. The van der Waals surface area contributed by atoms with Crippen LogP contribution in [0.15, 0.2) is 0 Å². The number of hydrogen-bond donors (Lipinski definition) is 2. The molecule has 3 rings (SSSR count). The molecule has 3 saturated carbocycles. The smallest absolute Gasteiger partial charge is 0.239 e. The van der Waals surface area contributed by atoms with Crippen LogP contribution in [-0.4, -0.2) is 41.5 Å². The van der Waals surface area contributed by atoms with Gasteiger partial charge in [0.1, 0.15) is 5.54 Å². The summed E-state index contributed by atoms with van der Waals surface area (Å²) in [4.78, 5) is 14.7. The summed E-state index contributed by atoms with van der Waals surface area (Å²) in [7, 11) is 0. The molecule has 0 saturated heterocycles. The van der Waals surface area contributed by atoms with Crippen LogP contribution >= 0.6 is 0 Å². The van der Waals surface area contributed by atoms with E-state index < -0.39 is 5.54 Å². The molecular weight excluding hydrogens is 238 g/mol. The monoisotopic (exact) mass is 265 g/mol. The predicted molar refractivity (Wildman–Crippen MR) is 75.7 cm³/mol. The Morgan fingerprint density at radius 1 is 1.26 bits per heavy atom. The van der Waals surface area contributed by atoms with Crippen molar-refractivity contribution in [2.75, 3.05) is 13.1 Å². The molecule has 0 aromatic rings. The zero-order valence-corrected chi connectivity index (χ0v) is 12.0. The molecule has 4 nitrogen and oxygen atoms in total. The average Bonchev–Trinajstić information content (AvgIpc) is 3.24. The number of amides is 1. The van der Waals surface area contributed by atoms with Crippen LogP contribution in [0.1, 0.15) is 51.9 Å². The molecule has 0 aromatic heterocycles. The first kappa shape index (κ1) is 13.4. The van der Waals surface area contributed by atoms with Crippen LogP contribution in [-0.2, 0) is 4.79 Å². The van der Waals surface area contributed by atoms with Crippen LogP contribution in [0.3, 0.4) is 0 Å². The van der Waals surface area contributed by atoms with E-state index >= 15 is 0 Å². The molecule has 108 valence electrons. The Morgan fingerprint density at radius 3 is 2.37 bits per heavy atom. The highest BCUT2D eigenvalue weighted by Gasteiger charge is 2.53. The summed E-state index contributed by atoms with van der Waals surface area (Å²) in [6.45, 7) is 4.15. The fourth-order valence-electron chi connectivity index (χ4n) is 3.25. The molecule has 0 aliphatic heterocycles. The van der Waals surface area contributed by atoms with Gasteiger partial charge in [0, 0.05) is 18.6 Å². The van der Waals surface area contributed by atoms with Gasteiger partial charge in [0.05, 0.1) is 0 Å². The lowest BCUT2D eigenvalue weighted by Gasteiger charge is -2.37. The second-order valence-electron chi connectivity index (χ2n) is 6.73. The second kappa shape index (κ2) is 5.06. The SMILES string of the molecule is CCCN(CC(NC1CC1)(C(N)=O)C1CC1)C1CC1. The number of rotatable bonds is 9. The van der Waals surface area contributed by atoms with Crippen molar-refractivity contribution in [1.82, 2.24) is 10.2 Å². The fourth-order valence-corrected chi connectivity index (χ4v) is 3.25. The van der Waals surface area contributed by atoms with Crippen LogP contribution in [0.4, 0.5) is 0 Å². The van der Waals surface area contributed by atoms with Crippen LogP contribution in [0, 0.1) is 5.92 Å². The van der Waals surface area contributed by atoms with Gasteiger partial charge in [0.25, 0.3) is 0 Å². The molecule has 4 heteroatoms. The molecule has 1 atom stereocenters. The molecule has 3 fully saturated rings. The number of hydrogen-bond acceptors (Lipinski definition) is 3. The quantitative estimate of drug-likeness (QED) is 0.659. The molecule has 3 N–H and O–H groups in total. The van der Waals surface area contributed by atoms with Gasteiger partial charge in [-0.05, 0) is 57.4 Å². The van der Waals surface area contributed by atoms with Gasteiger partial charge in [0.2, 0.25) is 5.91 Å². The van der Waals surface area contributed by atoms with E-state index in [1.807, 2.05) is 0 Å². The zero-order valence-electron chi connectivity index (χ0n) is 12.0. The van der Waals surface area contributed by atoms with E-state index in [0.29, 0.717) is 18.0 Å². The number of carbonyl (C=O) groups is 1. The van der Waals surface area contributed by atoms with Gasteiger partial charge in [-0.25, -0.2) is 0 Å². The van der Waals surface area contributed by atoms with E-state index in [0.717, 1.165) is 32.4 Å². The maximum absolute atomic E-state index is 12.2. The Balaban J connectivity index is 1.73. The lowest BCUT2D eigenvalue weighted by atomic mass is 9.90. The van der Waals surface area contributed by atoms with Gasteiger partial charge in [-0.1, -0.05) is 6.92 Å². The maximum Gasteiger partial charge on any atom is 0.239 e. The predicted octanol–water partition coefficient (Wildman–Crippen LogP) is 1.25. The first-order valence-electron chi connectivity index (χ1n) is 7.97. The van der Waals surface area contributed by atoms with Gasteiger partial charge in [-0.15, -0.1) is 0 Å². The largest absolute Gasteiger partial charge is 0.368 e. The van der Waals surface area contributed by atoms with Gasteiger partial charge < -0.3 is 5.73 Å². The minimum Gasteiger partial charge on any atom is -0.368 e. The molecule has 3 aliphatic rings. The molecule has 0 radical (unpaired) electrons. The van der Waals surface area contributed by atoms with Crippen LogP contribution in [0.25, 0.3) is 0 Å². The van der Waals surface area contributed by atoms with Crippen LogP contribution < -0.4 is 11.1 Å². The summed E-state index contributed by atoms with van der Waals surface area (Å²) in [5.74, 6) is 0.354. The highest BCUT2D eigenvalue weighted by atomic mass is 16.1. The number of nitrogens with zero attached hydrogens (tertiary/aromatic N) is 1. The maximum atomic E-state index is 12.2. The number of primary amides is 1. The minimum absolute atomic E-state index is 0.122. The summed E-state index contributed by atoms with van der Waals surface area (Å²) in [5, 5.41) is 3.62. The van der Waals surface area contributed by atoms with Crippen molar-refractivity contribution in [3.63, 3.8) is 0 Å². The van der Waals surface area contributed by atoms with E-state index in [1.54, 1.807) is 0 Å². The Bertz CT molecular complexity index is 347. The highest BCUT2D eigenvalue weighted by Crippen LogP contribution is 2.43. The molecule has 19 heavy (non-hydrogen) atoms. The number of nitrogens with one attached hydrogen (secondary N) is 1. The summed E-state index contributed by atoms with van der Waals surface area (Å²) >= 11 is 0. The lowest BCUT2D eigenvalue weighted by molar-refractivity contribution is -0.126. The topological polar surface area (TPSA) is 58.4 Å². The van der Waals surface area contributed by atoms with Crippen molar-refractivity contribution in [2.24, 2.45) is 11.7 Å². The minimum atomic E-state index is -0.446. The van der Waals surface area contributed by atoms with Gasteiger partial charge in [-0.2, -0.15) is 0 Å². The standard InChI is InChI=1S/C15H27N3O/c1-2-9-18(13-7-8-13)10-15(14(16)19,11-3-4-11)17-12-5-6-12/h11-13,17H,2-10H2,1H3,(H2,16,19). The summed E-state index contributed by atoms with van der Waals surface area (Å²) in [6, 6.07) is 1.24. The normalized spacial score (nSPS) is 26.4. The summed E-state index contributed by atoms with van der Waals surface area (Å²) in [6.07, 6.45) is 8.48. The first-order valence-corrected chi connectivity index (χ1v) is 7.97. The fraction of sp³-hybridized carbons (Fsp3) is 0.933. The zero-order chi connectivity index (χ0) is 13.5. The average molecular weight is 265 g/mol. The Kier molecular flexibility index (Phi) is 3.56. The van der Waals surface area contributed by atoms with Crippen LogP contribution in [0.5, 0.6) is 0 Å². The number of nitrogens with two attached hydrogens (primary N) is 1. The second-order valence-corrected chi connectivity index (χ2v) is 6.73. The van der Waals surface area contributed by atoms with E-state index in [2.05, 4.69) is 17.1 Å². The van der Waals surface area contributed by atoms with Crippen molar-refractivity contribution in [3.8, 4) is 0 Å². The van der Waals surface area contributed by atoms with E-state index in [9.17, 15) is 4.79 Å².